The quantitative estimate of drug-likeness (QED) is 0.518. The van der Waals surface area contributed by atoms with Crippen molar-refractivity contribution in [3.05, 3.63) is 42.2 Å². The maximum atomic E-state index is 13.3. The van der Waals surface area contributed by atoms with Crippen LogP contribution < -0.4 is 9.47 Å². The highest BCUT2D eigenvalue weighted by molar-refractivity contribution is 6.08. The van der Waals surface area contributed by atoms with Crippen molar-refractivity contribution in [3.8, 4) is 11.6 Å². The second-order valence-electron chi connectivity index (χ2n) is 4.54. The summed E-state index contributed by atoms with van der Waals surface area (Å²) >= 11 is 0. The van der Waals surface area contributed by atoms with Crippen molar-refractivity contribution in [3.63, 3.8) is 0 Å². The van der Waals surface area contributed by atoms with E-state index in [-0.39, 0.29) is 11.6 Å². The van der Waals surface area contributed by atoms with Crippen molar-refractivity contribution < 1.29 is 27.0 Å². The topological polar surface area (TPSA) is 31.4 Å². The Morgan fingerprint density at radius 2 is 1.68 bits per heavy atom. The average Bonchev–Trinajstić information content (AvgIpc) is 2.44. The Bertz CT molecular complexity index is 861. The first-order valence-electron chi connectivity index (χ1n) is 6.20. The van der Waals surface area contributed by atoms with Crippen LogP contribution in [0.2, 0.25) is 0 Å². The van der Waals surface area contributed by atoms with Gasteiger partial charge in [0, 0.05) is 16.8 Å². The SMILES string of the molecule is COc1nc2cc(F)ccc2c2ccc(OC(F)(F)F)cc12. The van der Waals surface area contributed by atoms with E-state index in [2.05, 4.69) is 9.72 Å². The molecule has 0 aliphatic heterocycles. The lowest BCUT2D eigenvalue weighted by atomic mass is 10.1. The van der Waals surface area contributed by atoms with Crippen molar-refractivity contribution in [2.24, 2.45) is 0 Å². The first-order chi connectivity index (χ1) is 10.4. The minimum atomic E-state index is -4.78. The van der Waals surface area contributed by atoms with E-state index in [1.165, 1.54) is 43.5 Å². The Kier molecular flexibility index (Phi) is 3.27. The van der Waals surface area contributed by atoms with Gasteiger partial charge in [-0.1, -0.05) is 0 Å². The van der Waals surface area contributed by atoms with Crippen LogP contribution >= 0.6 is 0 Å². The molecule has 0 saturated carbocycles. The number of pyridine rings is 1. The number of aromatic nitrogens is 1. The summed E-state index contributed by atoms with van der Waals surface area (Å²) in [6, 6.07) is 7.85. The van der Waals surface area contributed by atoms with Gasteiger partial charge in [-0.25, -0.2) is 9.37 Å². The molecule has 3 nitrogen and oxygen atoms in total. The smallest absolute Gasteiger partial charge is 0.481 e. The number of halogens is 4. The summed E-state index contributed by atoms with van der Waals surface area (Å²) in [6.07, 6.45) is -4.78. The van der Waals surface area contributed by atoms with E-state index in [1.807, 2.05) is 0 Å². The van der Waals surface area contributed by atoms with Gasteiger partial charge in [0.2, 0.25) is 5.88 Å². The highest BCUT2D eigenvalue weighted by Gasteiger charge is 2.31. The molecule has 1 aromatic heterocycles. The fourth-order valence-electron chi connectivity index (χ4n) is 2.28. The molecule has 0 amide bonds. The first-order valence-corrected chi connectivity index (χ1v) is 6.20. The predicted molar refractivity (Wildman–Crippen MR) is 72.4 cm³/mol. The van der Waals surface area contributed by atoms with E-state index in [0.29, 0.717) is 21.7 Å². The van der Waals surface area contributed by atoms with Crippen molar-refractivity contribution >= 4 is 21.7 Å². The Morgan fingerprint density at radius 1 is 0.955 bits per heavy atom. The van der Waals surface area contributed by atoms with Crippen LogP contribution in [0.5, 0.6) is 11.6 Å². The molecule has 0 spiro atoms. The van der Waals surface area contributed by atoms with Gasteiger partial charge < -0.3 is 9.47 Å². The Hall–Kier alpha value is -2.57. The molecule has 114 valence electrons. The molecule has 0 radical (unpaired) electrons. The van der Waals surface area contributed by atoms with Gasteiger partial charge in [-0.15, -0.1) is 13.2 Å². The molecule has 7 heteroatoms. The number of methoxy groups -OCH3 is 1. The maximum Gasteiger partial charge on any atom is 0.573 e. The third kappa shape index (κ3) is 2.61. The van der Waals surface area contributed by atoms with E-state index in [4.69, 9.17) is 4.74 Å². The average molecular weight is 311 g/mol. The van der Waals surface area contributed by atoms with Gasteiger partial charge in [0.05, 0.1) is 12.6 Å². The maximum absolute atomic E-state index is 13.3. The lowest BCUT2D eigenvalue weighted by Crippen LogP contribution is -2.17. The number of hydrogen-bond acceptors (Lipinski definition) is 3. The molecule has 0 aliphatic rings. The third-order valence-corrected chi connectivity index (χ3v) is 3.12. The Morgan fingerprint density at radius 3 is 2.36 bits per heavy atom. The van der Waals surface area contributed by atoms with Crippen molar-refractivity contribution in [1.82, 2.24) is 4.98 Å². The van der Waals surface area contributed by atoms with E-state index in [9.17, 15) is 17.6 Å². The van der Waals surface area contributed by atoms with Crippen LogP contribution in [0.1, 0.15) is 0 Å². The number of alkyl halides is 3. The molecule has 2 aromatic carbocycles. The number of hydrogen-bond donors (Lipinski definition) is 0. The molecule has 0 fully saturated rings. The molecule has 1 heterocycles. The number of nitrogens with zero attached hydrogens (tertiary/aromatic N) is 1. The number of rotatable bonds is 2. The highest BCUT2D eigenvalue weighted by Crippen LogP contribution is 2.34. The largest absolute Gasteiger partial charge is 0.573 e. The molecular weight excluding hydrogens is 302 g/mol. The summed E-state index contributed by atoms with van der Waals surface area (Å²) in [6.45, 7) is 0. The van der Waals surface area contributed by atoms with Gasteiger partial charge in [0.25, 0.3) is 0 Å². The molecule has 0 atom stereocenters. The summed E-state index contributed by atoms with van der Waals surface area (Å²) in [5.41, 5.74) is 0.355. The Balaban J connectivity index is 2.27. The molecular formula is C15H9F4NO2. The molecule has 0 aliphatic carbocycles. The van der Waals surface area contributed by atoms with E-state index in [1.54, 1.807) is 0 Å². The minimum Gasteiger partial charge on any atom is -0.481 e. The molecule has 0 N–H and O–H groups in total. The zero-order valence-electron chi connectivity index (χ0n) is 11.2. The van der Waals surface area contributed by atoms with Gasteiger partial charge in [0.1, 0.15) is 11.6 Å². The van der Waals surface area contributed by atoms with E-state index in [0.717, 1.165) is 0 Å². The van der Waals surface area contributed by atoms with Gasteiger partial charge in [-0.3, -0.25) is 0 Å². The van der Waals surface area contributed by atoms with Gasteiger partial charge in [0.15, 0.2) is 0 Å². The lowest BCUT2D eigenvalue weighted by Gasteiger charge is -2.12. The van der Waals surface area contributed by atoms with Gasteiger partial charge in [-0.2, -0.15) is 0 Å². The van der Waals surface area contributed by atoms with Crippen molar-refractivity contribution in [2.45, 2.75) is 6.36 Å². The zero-order chi connectivity index (χ0) is 15.9. The normalized spacial score (nSPS) is 11.9. The van der Waals surface area contributed by atoms with Gasteiger partial charge >= 0.3 is 6.36 Å². The Labute approximate surface area is 122 Å². The molecule has 3 aromatic rings. The summed E-state index contributed by atoms with van der Waals surface area (Å²) in [5.74, 6) is -0.735. The second-order valence-corrected chi connectivity index (χ2v) is 4.54. The fraction of sp³-hybridized carbons (Fsp3) is 0.133. The van der Waals surface area contributed by atoms with Crippen LogP contribution in [-0.4, -0.2) is 18.5 Å². The molecule has 0 saturated heterocycles. The van der Waals surface area contributed by atoms with E-state index < -0.39 is 12.2 Å². The molecule has 0 bridgehead atoms. The predicted octanol–water partition coefficient (Wildman–Crippen LogP) is 4.43. The third-order valence-electron chi connectivity index (χ3n) is 3.12. The molecule has 22 heavy (non-hydrogen) atoms. The standard InChI is InChI=1S/C15H9F4NO2/c1-21-14-12-7-9(22-15(17,18)19)3-5-10(12)11-4-2-8(16)6-13(11)20-14/h2-7H,1H3. The number of benzene rings is 2. The zero-order valence-corrected chi connectivity index (χ0v) is 11.2. The van der Waals surface area contributed by atoms with Gasteiger partial charge in [-0.05, 0) is 35.7 Å². The number of fused-ring (bicyclic) bond motifs is 3. The van der Waals surface area contributed by atoms with Crippen molar-refractivity contribution in [1.29, 1.82) is 0 Å². The van der Waals surface area contributed by atoms with Crippen LogP contribution in [0.25, 0.3) is 21.7 Å². The number of ether oxygens (including phenoxy) is 2. The monoisotopic (exact) mass is 311 g/mol. The highest BCUT2D eigenvalue weighted by atomic mass is 19.4. The van der Waals surface area contributed by atoms with Crippen LogP contribution in [0.15, 0.2) is 36.4 Å². The summed E-state index contributed by atoms with van der Waals surface area (Å²) in [7, 11) is 1.34. The van der Waals surface area contributed by atoms with Crippen LogP contribution in [0.4, 0.5) is 17.6 Å². The van der Waals surface area contributed by atoms with Crippen LogP contribution in [0, 0.1) is 5.82 Å². The minimum absolute atomic E-state index is 0.0979. The van der Waals surface area contributed by atoms with Crippen LogP contribution in [0.3, 0.4) is 0 Å². The summed E-state index contributed by atoms with van der Waals surface area (Å²) < 4.78 is 59.2. The molecule has 0 unspecified atom stereocenters. The van der Waals surface area contributed by atoms with E-state index >= 15 is 0 Å². The molecule has 3 rings (SSSR count). The lowest BCUT2D eigenvalue weighted by molar-refractivity contribution is -0.274. The van der Waals surface area contributed by atoms with Crippen molar-refractivity contribution in [2.75, 3.05) is 7.11 Å². The summed E-state index contributed by atoms with van der Waals surface area (Å²) in [5, 5.41) is 1.55. The second kappa shape index (κ2) is 5.01. The first kappa shape index (κ1) is 14.4. The fourth-order valence-corrected chi connectivity index (χ4v) is 2.28. The van der Waals surface area contributed by atoms with Crippen LogP contribution in [-0.2, 0) is 0 Å². The summed E-state index contributed by atoms with van der Waals surface area (Å²) in [4.78, 5) is 4.12.